The van der Waals surface area contributed by atoms with Crippen molar-refractivity contribution in [1.82, 2.24) is 5.32 Å². The molecule has 6 heteroatoms. The summed E-state index contributed by atoms with van der Waals surface area (Å²) in [5.41, 5.74) is 7.99. The molecule has 2 aromatic rings. The van der Waals surface area contributed by atoms with Crippen molar-refractivity contribution < 1.29 is 9.59 Å². The Morgan fingerprint density at radius 3 is 1.90 bits per heavy atom. The van der Waals surface area contributed by atoms with E-state index in [0.717, 1.165) is 0 Å². The van der Waals surface area contributed by atoms with Crippen LogP contribution in [0.5, 0.6) is 0 Å². The molecule has 0 unspecified atom stereocenters. The molecule has 21 heavy (non-hydrogen) atoms. The minimum Gasteiger partial charge on any atom is -0.399 e. The molecule has 0 aliphatic heterocycles. The Hall–Kier alpha value is -3.02. The first-order valence-electron chi connectivity index (χ1n) is 6.34. The molecule has 0 atom stereocenters. The van der Waals surface area contributed by atoms with Gasteiger partial charge in [-0.25, -0.2) is 4.79 Å². The van der Waals surface area contributed by atoms with Crippen molar-refractivity contribution in [1.29, 1.82) is 0 Å². The quantitative estimate of drug-likeness (QED) is 0.651. The van der Waals surface area contributed by atoms with E-state index in [2.05, 4.69) is 16.0 Å². The maximum absolute atomic E-state index is 12.0. The molecular formula is C15H16N4O2. The van der Waals surface area contributed by atoms with Crippen molar-refractivity contribution in [3.63, 3.8) is 0 Å². The number of nitrogens with two attached hydrogens (primary N) is 1. The highest BCUT2D eigenvalue weighted by atomic mass is 16.2. The van der Waals surface area contributed by atoms with E-state index in [0.29, 0.717) is 22.6 Å². The van der Waals surface area contributed by atoms with Crippen LogP contribution in [0.2, 0.25) is 0 Å². The Morgan fingerprint density at radius 1 is 0.857 bits per heavy atom. The lowest BCUT2D eigenvalue weighted by Crippen LogP contribution is -2.24. The van der Waals surface area contributed by atoms with Gasteiger partial charge in [0.25, 0.3) is 5.91 Å². The van der Waals surface area contributed by atoms with E-state index in [9.17, 15) is 9.59 Å². The Morgan fingerprint density at radius 2 is 1.38 bits per heavy atom. The fourth-order valence-corrected chi connectivity index (χ4v) is 1.67. The van der Waals surface area contributed by atoms with Crippen LogP contribution in [0.4, 0.5) is 21.9 Å². The molecular weight excluding hydrogens is 268 g/mol. The lowest BCUT2D eigenvalue weighted by Gasteiger charge is -2.08. The molecule has 108 valence electrons. The number of hydrogen-bond acceptors (Lipinski definition) is 3. The van der Waals surface area contributed by atoms with E-state index in [4.69, 9.17) is 5.73 Å². The zero-order valence-electron chi connectivity index (χ0n) is 11.5. The molecule has 5 N–H and O–H groups in total. The average Bonchev–Trinajstić information content (AvgIpc) is 2.49. The van der Waals surface area contributed by atoms with Crippen LogP contribution in [0, 0.1) is 0 Å². The summed E-state index contributed by atoms with van der Waals surface area (Å²) in [6.07, 6.45) is 0. The van der Waals surface area contributed by atoms with Gasteiger partial charge in [-0.3, -0.25) is 4.79 Å². The third-order valence-corrected chi connectivity index (χ3v) is 2.80. The zero-order chi connectivity index (χ0) is 15.2. The van der Waals surface area contributed by atoms with Gasteiger partial charge in [-0.1, -0.05) is 0 Å². The summed E-state index contributed by atoms with van der Waals surface area (Å²) in [5.74, 6) is -0.220. The molecule has 0 saturated carbocycles. The third kappa shape index (κ3) is 3.97. The van der Waals surface area contributed by atoms with Crippen LogP contribution in [-0.4, -0.2) is 19.0 Å². The maximum Gasteiger partial charge on any atom is 0.318 e. The molecule has 6 nitrogen and oxygen atoms in total. The van der Waals surface area contributed by atoms with Crippen LogP contribution >= 0.6 is 0 Å². The number of hydrogen-bond donors (Lipinski definition) is 4. The second kappa shape index (κ2) is 6.42. The van der Waals surface area contributed by atoms with E-state index >= 15 is 0 Å². The molecule has 0 fully saturated rings. The number of carbonyl (C=O) groups is 2. The van der Waals surface area contributed by atoms with E-state index in [1.165, 1.54) is 7.05 Å². The van der Waals surface area contributed by atoms with Crippen molar-refractivity contribution in [2.45, 2.75) is 0 Å². The predicted octanol–water partition coefficient (Wildman–Crippen LogP) is 2.27. The highest BCUT2D eigenvalue weighted by Crippen LogP contribution is 2.15. The number of urea groups is 1. The van der Waals surface area contributed by atoms with Gasteiger partial charge in [-0.15, -0.1) is 0 Å². The van der Waals surface area contributed by atoms with Crippen LogP contribution in [-0.2, 0) is 0 Å². The number of nitrogens with one attached hydrogen (secondary N) is 3. The Bertz CT molecular complexity index is 636. The van der Waals surface area contributed by atoms with Gasteiger partial charge in [0.1, 0.15) is 0 Å². The minimum atomic E-state index is -0.298. The van der Waals surface area contributed by atoms with Gasteiger partial charge in [-0.2, -0.15) is 0 Å². The maximum atomic E-state index is 12.0. The van der Waals surface area contributed by atoms with Crippen LogP contribution in [0.1, 0.15) is 10.4 Å². The van der Waals surface area contributed by atoms with Gasteiger partial charge < -0.3 is 21.7 Å². The smallest absolute Gasteiger partial charge is 0.318 e. The molecule has 0 aliphatic carbocycles. The largest absolute Gasteiger partial charge is 0.399 e. The van der Waals surface area contributed by atoms with Gasteiger partial charge >= 0.3 is 6.03 Å². The first kappa shape index (κ1) is 14.4. The molecule has 3 amide bonds. The standard InChI is InChI=1S/C15H16N4O2/c1-17-15(21)19-13-8-6-12(7-9-13)18-14(20)10-2-4-11(16)5-3-10/h2-9H,16H2,1H3,(H,18,20)(H2,17,19,21). The Balaban J connectivity index is 2.01. The van der Waals surface area contributed by atoms with Gasteiger partial charge in [0.05, 0.1) is 0 Å². The molecule has 0 aromatic heterocycles. The van der Waals surface area contributed by atoms with Crippen LogP contribution in [0.25, 0.3) is 0 Å². The first-order valence-corrected chi connectivity index (χ1v) is 6.34. The number of nitrogen functional groups attached to an aromatic ring is 1. The van der Waals surface area contributed by atoms with Gasteiger partial charge in [0, 0.05) is 29.7 Å². The van der Waals surface area contributed by atoms with Crippen molar-refractivity contribution >= 4 is 29.0 Å². The normalized spacial score (nSPS) is 9.76. The fraction of sp³-hybridized carbons (Fsp3) is 0.0667. The lowest BCUT2D eigenvalue weighted by molar-refractivity contribution is 0.102. The summed E-state index contributed by atoms with van der Waals surface area (Å²) in [5, 5.41) is 7.85. The molecule has 0 heterocycles. The Labute approximate surface area is 122 Å². The van der Waals surface area contributed by atoms with E-state index in [-0.39, 0.29) is 11.9 Å². The zero-order valence-corrected chi connectivity index (χ0v) is 11.5. The average molecular weight is 284 g/mol. The summed E-state index contributed by atoms with van der Waals surface area (Å²) in [6, 6.07) is 13.2. The number of rotatable bonds is 3. The van der Waals surface area contributed by atoms with Crippen molar-refractivity contribution in [3.05, 3.63) is 54.1 Å². The van der Waals surface area contributed by atoms with Gasteiger partial charge in [-0.05, 0) is 48.5 Å². The van der Waals surface area contributed by atoms with E-state index in [1.807, 2.05) is 0 Å². The summed E-state index contributed by atoms with van der Waals surface area (Å²) >= 11 is 0. The number of anilines is 3. The lowest BCUT2D eigenvalue weighted by atomic mass is 10.2. The molecule has 0 spiro atoms. The fourth-order valence-electron chi connectivity index (χ4n) is 1.67. The summed E-state index contributed by atoms with van der Waals surface area (Å²) in [6.45, 7) is 0. The van der Waals surface area contributed by atoms with Crippen LogP contribution in [0.3, 0.4) is 0 Å². The topological polar surface area (TPSA) is 96.2 Å². The highest BCUT2D eigenvalue weighted by molar-refractivity contribution is 6.04. The molecule has 0 radical (unpaired) electrons. The van der Waals surface area contributed by atoms with Gasteiger partial charge in [0.2, 0.25) is 0 Å². The number of benzene rings is 2. The van der Waals surface area contributed by atoms with Crippen LogP contribution in [0.15, 0.2) is 48.5 Å². The Kier molecular flexibility index (Phi) is 4.40. The second-order valence-electron chi connectivity index (χ2n) is 4.36. The minimum absolute atomic E-state index is 0.220. The van der Waals surface area contributed by atoms with Crippen molar-refractivity contribution in [2.75, 3.05) is 23.4 Å². The second-order valence-corrected chi connectivity index (χ2v) is 4.36. The molecule has 0 saturated heterocycles. The van der Waals surface area contributed by atoms with E-state index in [1.54, 1.807) is 48.5 Å². The molecule has 2 aromatic carbocycles. The number of carbonyl (C=O) groups excluding carboxylic acids is 2. The van der Waals surface area contributed by atoms with Crippen molar-refractivity contribution in [3.8, 4) is 0 Å². The summed E-state index contributed by atoms with van der Waals surface area (Å²) in [4.78, 5) is 23.2. The van der Waals surface area contributed by atoms with Crippen LogP contribution < -0.4 is 21.7 Å². The molecule has 2 rings (SSSR count). The molecule has 0 bridgehead atoms. The summed E-state index contributed by atoms with van der Waals surface area (Å²) < 4.78 is 0. The molecule has 0 aliphatic rings. The van der Waals surface area contributed by atoms with Crippen molar-refractivity contribution in [2.24, 2.45) is 0 Å². The van der Waals surface area contributed by atoms with Gasteiger partial charge in [0.15, 0.2) is 0 Å². The first-order chi connectivity index (χ1) is 10.1. The SMILES string of the molecule is CNC(=O)Nc1ccc(NC(=O)c2ccc(N)cc2)cc1. The predicted molar refractivity (Wildman–Crippen MR) is 83.3 cm³/mol. The monoisotopic (exact) mass is 284 g/mol. The third-order valence-electron chi connectivity index (χ3n) is 2.80. The number of amides is 3. The summed E-state index contributed by atoms with van der Waals surface area (Å²) in [7, 11) is 1.54. The highest BCUT2D eigenvalue weighted by Gasteiger charge is 2.06. The van der Waals surface area contributed by atoms with E-state index < -0.39 is 0 Å².